The first-order valence-corrected chi connectivity index (χ1v) is 4.72. The maximum absolute atomic E-state index is 8.82. The first-order valence-electron chi connectivity index (χ1n) is 4.72. The molecule has 2 rings (SSSR count). The highest BCUT2D eigenvalue weighted by molar-refractivity contribution is 5.53. The number of aromatic amines is 1. The quantitative estimate of drug-likeness (QED) is 0.809. The first-order chi connectivity index (χ1) is 7.81. The van der Waals surface area contributed by atoms with Crippen LogP contribution in [0.1, 0.15) is 11.1 Å². The lowest BCUT2D eigenvalue weighted by atomic mass is 10.2. The van der Waals surface area contributed by atoms with Gasteiger partial charge >= 0.3 is 0 Å². The summed E-state index contributed by atoms with van der Waals surface area (Å²) in [5.41, 5.74) is 6.75. The smallest absolute Gasteiger partial charge is 0.253 e. The lowest BCUT2D eigenvalue weighted by Gasteiger charge is -2.02. The first kappa shape index (κ1) is 10.1. The fourth-order valence-corrected chi connectivity index (χ4v) is 1.28. The van der Waals surface area contributed by atoms with Crippen molar-refractivity contribution in [2.24, 2.45) is 0 Å². The molecule has 0 saturated carbocycles. The van der Waals surface area contributed by atoms with Crippen molar-refractivity contribution < 1.29 is 4.74 Å². The molecule has 0 spiro atoms. The highest BCUT2D eigenvalue weighted by Crippen LogP contribution is 2.20. The SMILES string of the molecule is N#Cc1c(OCc2ccccc2)n[nH]c1N. The van der Waals surface area contributed by atoms with Gasteiger partial charge in [0.25, 0.3) is 5.88 Å². The number of aromatic nitrogens is 2. The maximum atomic E-state index is 8.82. The van der Waals surface area contributed by atoms with Gasteiger partial charge in [-0.2, -0.15) is 5.26 Å². The summed E-state index contributed by atoms with van der Waals surface area (Å²) in [5.74, 6) is 0.467. The second kappa shape index (κ2) is 4.36. The molecule has 3 N–H and O–H groups in total. The highest BCUT2D eigenvalue weighted by Gasteiger charge is 2.11. The van der Waals surface area contributed by atoms with Gasteiger partial charge in [0.1, 0.15) is 18.5 Å². The Kier molecular flexibility index (Phi) is 2.74. The molecule has 0 aliphatic rings. The maximum Gasteiger partial charge on any atom is 0.253 e. The number of benzene rings is 1. The monoisotopic (exact) mass is 214 g/mol. The van der Waals surface area contributed by atoms with Crippen molar-refractivity contribution in [3.63, 3.8) is 0 Å². The van der Waals surface area contributed by atoms with Crippen LogP contribution in [0.15, 0.2) is 30.3 Å². The Labute approximate surface area is 92.5 Å². The third-order valence-electron chi connectivity index (χ3n) is 2.09. The van der Waals surface area contributed by atoms with Gasteiger partial charge in [-0.1, -0.05) is 30.3 Å². The molecule has 0 saturated heterocycles. The summed E-state index contributed by atoms with van der Waals surface area (Å²) >= 11 is 0. The zero-order valence-electron chi connectivity index (χ0n) is 8.47. The van der Waals surface area contributed by atoms with Crippen LogP contribution in [0.3, 0.4) is 0 Å². The molecule has 0 aliphatic heterocycles. The van der Waals surface area contributed by atoms with Crippen LogP contribution in [0.4, 0.5) is 5.82 Å². The van der Waals surface area contributed by atoms with E-state index in [0.29, 0.717) is 6.61 Å². The van der Waals surface area contributed by atoms with E-state index in [2.05, 4.69) is 10.2 Å². The highest BCUT2D eigenvalue weighted by atomic mass is 16.5. The van der Waals surface area contributed by atoms with E-state index in [9.17, 15) is 0 Å². The number of nitrogens with two attached hydrogens (primary N) is 1. The van der Waals surface area contributed by atoms with Gasteiger partial charge in [0.15, 0.2) is 5.56 Å². The Hall–Kier alpha value is -2.48. The summed E-state index contributed by atoms with van der Waals surface area (Å²) in [6, 6.07) is 11.6. The van der Waals surface area contributed by atoms with Crippen molar-refractivity contribution in [1.29, 1.82) is 5.26 Å². The number of nitriles is 1. The number of anilines is 1. The van der Waals surface area contributed by atoms with Crippen LogP contribution in [-0.4, -0.2) is 10.2 Å². The van der Waals surface area contributed by atoms with Gasteiger partial charge in [-0.25, -0.2) is 0 Å². The average molecular weight is 214 g/mol. The second-order valence-corrected chi connectivity index (χ2v) is 3.20. The minimum atomic E-state index is 0.227. The standard InChI is InChI=1S/C11H10N4O/c12-6-9-10(13)14-15-11(9)16-7-8-4-2-1-3-5-8/h1-5H,7H2,(H3,13,14,15). The van der Waals surface area contributed by atoms with Crippen LogP contribution in [0.25, 0.3) is 0 Å². The van der Waals surface area contributed by atoms with E-state index in [1.54, 1.807) is 0 Å². The molecule has 5 heteroatoms. The van der Waals surface area contributed by atoms with Crippen LogP contribution in [-0.2, 0) is 6.61 Å². The topological polar surface area (TPSA) is 87.7 Å². The number of ether oxygens (including phenoxy) is 1. The molecule has 5 nitrogen and oxygen atoms in total. The largest absolute Gasteiger partial charge is 0.471 e. The Morgan fingerprint density at radius 1 is 1.38 bits per heavy atom. The van der Waals surface area contributed by atoms with Gasteiger partial charge in [-0.3, -0.25) is 5.10 Å². The summed E-state index contributed by atoms with van der Waals surface area (Å²) in [4.78, 5) is 0. The lowest BCUT2D eigenvalue weighted by Crippen LogP contribution is -1.97. The van der Waals surface area contributed by atoms with Crippen LogP contribution in [0.5, 0.6) is 5.88 Å². The Bertz CT molecular complexity index is 513. The van der Waals surface area contributed by atoms with E-state index in [0.717, 1.165) is 5.56 Å². The van der Waals surface area contributed by atoms with Gasteiger partial charge in [0.2, 0.25) is 0 Å². The number of H-pyrrole nitrogens is 1. The Morgan fingerprint density at radius 2 is 2.12 bits per heavy atom. The molecule has 0 aliphatic carbocycles. The van der Waals surface area contributed by atoms with E-state index < -0.39 is 0 Å². The van der Waals surface area contributed by atoms with Crippen LogP contribution in [0, 0.1) is 11.3 Å². The number of hydrogen-bond acceptors (Lipinski definition) is 4. The van der Waals surface area contributed by atoms with Crippen LogP contribution < -0.4 is 10.5 Å². The summed E-state index contributed by atoms with van der Waals surface area (Å²) in [6.07, 6.45) is 0. The molecule has 0 unspecified atom stereocenters. The van der Waals surface area contributed by atoms with Crippen molar-refractivity contribution in [1.82, 2.24) is 10.2 Å². The molecule has 80 valence electrons. The Morgan fingerprint density at radius 3 is 2.81 bits per heavy atom. The van der Waals surface area contributed by atoms with Gasteiger partial charge in [-0.15, -0.1) is 5.10 Å². The lowest BCUT2D eigenvalue weighted by molar-refractivity contribution is 0.292. The van der Waals surface area contributed by atoms with E-state index in [4.69, 9.17) is 15.7 Å². The minimum Gasteiger partial charge on any atom is -0.471 e. The minimum absolute atomic E-state index is 0.227. The molecule has 16 heavy (non-hydrogen) atoms. The van der Waals surface area contributed by atoms with Crippen LogP contribution in [0.2, 0.25) is 0 Å². The molecule has 0 fully saturated rings. The molecule has 0 amide bonds. The molecule has 1 aromatic carbocycles. The van der Waals surface area contributed by atoms with E-state index in [-0.39, 0.29) is 17.3 Å². The molecule has 0 atom stereocenters. The van der Waals surface area contributed by atoms with Crippen molar-refractivity contribution in [2.45, 2.75) is 6.61 Å². The molecule has 2 aromatic rings. The predicted octanol–water partition coefficient (Wildman–Crippen LogP) is 1.44. The van der Waals surface area contributed by atoms with Gasteiger partial charge < -0.3 is 10.5 Å². The number of nitrogens with one attached hydrogen (secondary N) is 1. The number of nitrogens with zero attached hydrogens (tertiary/aromatic N) is 2. The molecule has 0 bridgehead atoms. The summed E-state index contributed by atoms with van der Waals surface area (Å²) in [7, 11) is 0. The predicted molar refractivity (Wildman–Crippen MR) is 58.5 cm³/mol. The summed E-state index contributed by atoms with van der Waals surface area (Å²) in [6.45, 7) is 0.361. The van der Waals surface area contributed by atoms with Crippen molar-refractivity contribution in [3.05, 3.63) is 41.5 Å². The van der Waals surface area contributed by atoms with E-state index in [1.807, 2.05) is 36.4 Å². The third kappa shape index (κ3) is 1.96. The molecule has 0 radical (unpaired) electrons. The number of hydrogen-bond donors (Lipinski definition) is 2. The fraction of sp³-hybridized carbons (Fsp3) is 0.0909. The third-order valence-corrected chi connectivity index (χ3v) is 2.09. The molecule has 1 aromatic heterocycles. The van der Waals surface area contributed by atoms with Crippen molar-refractivity contribution in [3.8, 4) is 11.9 Å². The Balaban J connectivity index is 2.09. The van der Waals surface area contributed by atoms with E-state index in [1.165, 1.54) is 0 Å². The average Bonchev–Trinajstić information content (AvgIpc) is 2.68. The zero-order chi connectivity index (χ0) is 11.4. The van der Waals surface area contributed by atoms with Crippen molar-refractivity contribution >= 4 is 5.82 Å². The van der Waals surface area contributed by atoms with Gasteiger partial charge in [-0.05, 0) is 5.56 Å². The normalized spacial score (nSPS) is 9.69. The van der Waals surface area contributed by atoms with Gasteiger partial charge in [0, 0.05) is 0 Å². The van der Waals surface area contributed by atoms with Gasteiger partial charge in [0.05, 0.1) is 0 Å². The number of rotatable bonds is 3. The fourth-order valence-electron chi connectivity index (χ4n) is 1.28. The molecule has 1 heterocycles. The summed E-state index contributed by atoms with van der Waals surface area (Å²) in [5, 5.41) is 15.1. The molecular formula is C11H10N4O. The zero-order valence-corrected chi connectivity index (χ0v) is 8.47. The van der Waals surface area contributed by atoms with E-state index >= 15 is 0 Å². The summed E-state index contributed by atoms with van der Waals surface area (Å²) < 4.78 is 5.39. The van der Waals surface area contributed by atoms with Crippen LogP contribution >= 0.6 is 0 Å². The van der Waals surface area contributed by atoms with Crippen molar-refractivity contribution in [2.75, 3.05) is 5.73 Å². The second-order valence-electron chi connectivity index (χ2n) is 3.20. The molecular weight excluding hydrogens is 204 g/mol. The number of nitrogen functional groups attached to an aromatic ring is 1.